The lowest BCUT2D eigenvalue weighted by atomic mass is 9.57. The Labute approximate surface area is 241 Å². The maximum Gasteiger partial charge on any atom is 0.0520 e. The molecule has 0 saturated carbocycles. The molecular weight excluding hydrogens is 515 g/mol. The number of hydrogen-bond donors (Lipinski definition) is 3. The Morgan fingerprint density at radius 1 is 0.872 bits per heavy atom. The van der Waals surface area contributed by atoms with Crippen molar-refractivity contribution in [3.8, 4) is 0 Å². The minimum Gasteiger partial charge on any atom is -0.310 e. The minimum absolute atomic E-state index is 0.0665. The van der Waals surface area contributed by atoms with Crippen molar-refractivity contribution in [2.45, 2.75) is 71.4 Å². The molecule has 4 heterocycles. The van der Waals surface area contributed by atoms with Crippen molar-refractivity contribution >= 4 is 23.5 Å². The van der Waals surface area contributed by atoms with Gasteiger partial charge >= 0.3 is 0 Å². The van der Waals surface area contributed by atoms with E-state index in [0.717, 1.165) is 26.3 Å². The molecule has 2 aromatic rings. The van der Waals surface area contributed by atoms with Crippen LogP contribution in [0.1, 0.15) is 67.7 Å². The van der Waals surface area contributed by atoms with Crippen molar-refractivity contribution in [2.75, 3.05) is 26.3 Å². The lowest BCUT2D eigenvalue weighted by Crippen LogP contribution is -2.49. The van der Waals surface area contributed by atoms with Crippen molar-refractivity contribution < 1.29 is 0 Å². The van der Waals surface area contributed by atoms with Gasteiger partial charge in [0, 0.05) is 52.7 Å². The van der Waals surface area contributed by atoms with Crippen LogP contribution in [-0.4, -0.2) is 31.6 Å². The van der Waals surface area contributed by atoms with Crippen LogP contribution in [0.2, 0.25) is 0 Å². The van der Waals surface area contributed by atoms with E-state index in [9.17, 15) is 0 Å². The number of allylic oxidation sites excluding steroid dienone is 4. The third kappa shape index (κ3) is 4.06. The number of benzene rings is 2. The zero-order chi connectivity index (χ0) is 25.8. The predicted molar refractivity (Wildman–Crippen MR) is 164 cm³/mol. The van der Waals surface area contributed by atoms with E-state index in [4.69, 9.17) is 0 Å². The topological polar surface area (TPSA) is 36.1 Å². The van der Waals surface area contributed by atoms with Gasteiger partial charge in [0.2, 0.25) is 0 Å². The van der Waals surface area contributed by atoms with E-state index >= 15 is 0 Å². The Morgan fingerprint density at radius 3 is 2.64 bits per heavy atom. The predicted octanol–water partition coefficient (Wildman–Crippen LogP) is 7.07. The highest BCUT2D eigenvalue weighted by Crippen LogP contribution is 2.65. The molecule has 0 amide bonds. The maximum absolute atomic E-state index is 3.82. The maximum atomic E-state index is 3.82. The summed E-state index contributed by atoms with van der Waals surface area (Å²) in [5.41, 5.74) is 7.80. The average Bonchev–Trinajstić information content (AvgIpc) is 3.01. The fraction of sp³-hybridized carbons (Fsp3) is 0.471. The van der Waals surface area contributed by atoms with Gasteiger partial charge in [-0.2, -0.15) is 0 Å². The van der Waals surface area contributed by atoms with Crippen molar-refractivity contribution in [3.05, 3.63) is 93.4 Å². The number of hydrogen-bond acceptors (Lipinski definition) is 5. The molecule has 4 atom stereocenters. The van der Waals surface area contributed by atoms with Crippen molar-refractivity contribution in [1.82, 2.24) is 16.0 Å². The average molecular weight is 554 g/mol. The molecule has 5 heteroatoms. The highest BCUT2D eigenvalue weighted by Gasteiger charge is 2.55. The van der Waals surface area contributed by atoms with E-state index in [2.05, 4.69) is 100 Å². The first kappa shape index (κ1) is 25.0. The third-order valence-corrected chi connectivity index (χ3v) is 12.6. The molecule has 8 rings (SSSR count). The Kier molecular flexibility index (Phi) is 6.57. The van der Waals surface area contributed by atoms with Crippen molar-refractivity contribution in [2.24, 2.45) is 11.8 Å². The van der Waals surface area contributed by atoms with Gasteiger partial charge in [0.25, 0.3) is 0 Å². The fourth-order valence-corrected chi connectivity index (χ4v) is 11.2. The molecule has 6 aliphatic rings. The summed E-state index contributed by atoms with van der Waals surface area (Å²) in [5.74, 6) is 0.984. The molecule has 0 radical (unpaired) electrons. The second-order valence-electron chi connectivity index (χ2n) is 12.2. The van der Waals surface area contributed by atoms with Gasteiger partial charge in [0.05, 0.1) is 5.41 Å². The molecule has 202 valence electrons. The van der Waals surface area contributed by atoms with Crippen LogP contribution in [0.25, 0.3) is 0 Å². The van der Waals surface area contributed by atoms with Gasteiger partial charge in [-0.25, -0.2) is 0 Å². The summed E-state index contributed by atoms with van der Waals surface area (Å²) in [5, 5.41) is 11.4. The van der Waals surface area contributed by atoms with E-state index in [0.29, 0.717) is 23.1 Å². The zero-order valence-corrected chi connectivity index (χ0v) is 24.3. The van der Waals surface area contributed by atoms with E-state index in [-0.39, 0.29) is 5.41 Å². The van der Waals surface area contributed by atoms with Gasteiger partial charge in [-0.15, -0.1) is 11.8 Å². The largest absolute Gasteiger partial charge is 0.310 e. The van der Waals surface area contributed by atoms with Gasteiger partial charge in [0.15, 0.2) is 0 Å². The second kappa shape index (κ2) is 10.3. The molecule has 0 aromatic heterocycles. The molecule has 2 saturated heterocycles. The number of piperidine rings is 1. The first-order valence-electron chi connectivity index (χ1n) is 15.2. The van der Waals surface area contributed by atoms with E-state index in [1.165, 1.54) is 65.9 Å². The van der Waals surface area contributed by atoms with E-state index in [1.54, 1.807) is 21.6 Å². The summed E-state index contributed by atoms with van der Waals surface area (Å²) in [7, 11) is 0. The summed E-state index contributed by atoms with van der Waals surface area (Å²) >= 11 is 4.22. The summed E-state index contributed by atoms with van der Waals surface area (Å²) < 4.78 is 0. The first-order chi connectivity index (χ1) is 19.3. The minimum atomic E-state index is -0.0665. The summed E-state index contributed by atoms with van der Waals surface area (Å²) in [6.45, 7) is 4.21. The van der Waals surface area contributed by atoms with Gasteiger partial charge < -0.3 is 16.0 Å². The Hall–Kier alpha value is -1.76. The number of thioether (sulfide) groups is 2. The van der Waals surface area contributed by atoms with Crippen LogP contribution in [0, 0.1) is 11.8 Å². The van der Waals surface area contributed by atoms with Crippen LogP contribution in [0.15, 0.2) is 86.5 Å². The lowest BCUT2D eigenvalue weighted by Gasteiger charge is -2.54. The zero-order valence-electron chi connectivity index (χ0n) is 22.7. The molecule has 4 aliphatic heterocycles. The highest BCUT2D eigenvalue weighted by molar-refractivity contribution is 8.03. The molecule has 2 aromatic carbocycles. The van der Waals surface area contributed by atoms with Gasteiger partial charge in [-0.3, -0.25) is 0 Å². The number of fused-ring (bicyclic) bond motifs is 7. The van der Waals surface area contributed by atoms with Gasteiger partial charge in [-0.1, -0.05) is 66.7 Å². The summed E-state index contributed by atoms with van der Waals surface area (Å²) in [4.78, 5) is 4.67. The molecule has 1 spiro atoms. The van der Waals surface area contributed by atoms with Crippen LogP contribution in [0.5, 0.6) is 0 Å². The van der Waals surface area contributed by atoms with Gasteiger partial charge in [-0.05, 0) is 89.9 Å². The molecule has 39 heavy (non-hydrogen) atoms. The van der Waals surface area contributed by atoms with Crippen LogP contribution >= 0.6 is 23.5 Å². The fourth-order valence-electron chi connectivity index (χ4n) is 8.25. The van der Waals surface area contributed by atoms with E-state index in [1.807, 2.05) is 0 Å². The van der Waals surface area contributed by atoms with Crippen LogP contribution in [0.4, 0.5) is 0 Å². The van der Waals surface area contributed by atoms with Crippen LogP contribution in [-0.2, 0) is 5.41 Å². The molecule has 3 nitrogen and oxygen atoms in total. The molecule has 3 N–H and O–H groups in total. The third-order valence-electron chi connectivity index (χ3n) is 10.1. The highest BCUT2D eigenvalue weighted by atomic mass is 32.2. The lowest BCUT2D eigenvalue weighted by molar-refractivity contribution is 0.386. The monoisotopic (exact) mass is 553 g/mol. The molecule has 2 fully saturated rings. The number of nitrogens with one attached hydrogen (secondary N) is 3. The first-order valence-corrected chi connectivity index (χ1v) is 16.9. The Bertz CT molecular complexity index is 1360. The van der Waals surface area contributed by atoms with Crippen molar-refractivity contribution in [3.63, 3.8) is 0 Å². The van der Waals surface area contributed by atoms with Crippen molar-refractivity contribution in [1.29, 1.82) is 0 Å². The Morgan fingerprint density at radius 2 is 1.74 bits per heavy atom. The number of rotatable bonds is 2. The van der Waals surface area contributed by atoms with E-state index < -0.39 is 0 Å². The second-order valence-corrected chi connectivity index (χ2v) is 14.5. The summed E-state index contributed by atoms with van der Waals surface area (Å²) in [6.07, 6.45) is 16.8. The standard InChI is InChI=1S/C34H39N3S2/c1-3-10-30-25(7-1)34(26-8-2-4-11-31(26)38-30)27-14-12-22(24-19-35-21-36-20-24)17-32(27)39-33-18-23(13-15-28(33)34)29-9-5-6-16-37-29/h1,3,7,10,12-15,17-18,24,27,29,32,35-37H,2,4-6,8-9,11,16,19-21H2. The quantitative estimate of drug-likeness (QED) is 0.371. The molecule has 0 bridgehead atoms. The normalized spacial score (nSPS) is 32.2. The Balaban J connectivity index is 1.33. The van der Waals surface area contributed by atoms with Gasteiger partial charge in [0.1, 0.15) is 0 Å². The molecule has 2 aliphatic carbocycles. The molecular formula is C34H39N3S2. The molecule has 4 unspecified atom stereocenters. The van der Waals surface area contributed by atoms with Crippen LogP contribution in [0.3, 0.4) is 0 Å². The summed E-state index contributed by atoms with van der Waals surface area (Å²) in [6, 6.07) is 17.5. The van der Waals surface area contributed by atoms with Crippen LogP contribution < -0.4 is 16.0 Å². The smallest absolute Gasteiger partial charge is 0.0520 e. The SMILES string of the molecule is C1=CC2C(C=C1C1CNCNC1)Sc1cc(C3CCCCN3)ccc1C21C2=C(CCCC2)Sc2ccccc21.